The number of pyridine rings is 1. The van der Waals surface area contributed by atoms with Crippen molar-refractivity contribution >= 4 is 16.8 Å². The van der Waals surface area contributed by atoms with Gasteiger partial charge in [-0.05, 0) is 118 Å². The molecule has 2 aromatic carbocycles. The second-order valence-corrected chi connectivity index (χ2v) is 13.5. The van der Waals surface area contributed by atoms with Gasteiger partial charge < -0.3 is 15.2 Å². The average Bonchev–Trinajstić information content (AvgIpc) is 3.38. The van der Waals surface area contributed by atoms with Crippen LogP contribution < -0.4 is 5.32 Å². The fraction of sp³-hybridized carbons (Fsp3) is 0.459. The highest BCUT2D eigenvalue weighted by Gasteiger charge is 2.42. The first-order valence-corrected chi connectivity index (χ1v) is 15.9. The number of aryl methyl sites for hydroxylation is 2. The molecule has 5 heteroatoms. The van der Waals surface area contributed by atoms with E-state index in [4.69, 9.17) is 0 Å². The number of aromatic nitrogens is 2. The maximum atomic E-state index is 14.1. The number of nitrogens with one attached hydrogen (secondary N) is 2. The third kappa shape index (κ3) is 5.64. The van der Waals surface area contributed by atoms with Crippen molar-refractivity contribution in [1.29, 1.82) is 0 Å². The number of nitrogens with zero attached hydrogens (tertiary/aromatic N) is 2. The van der Waals surface area contributed by atoms with Crippen LogP contribution in [0.3, 0.4) is 0 Å². The van der Waals surface area contributed by atoms with Gasteiger partial charge in [0.2, 0.25) is 5.91 Å². The summed E-state index contributed by atoms with van der Waals surface area (Å²) in [7, 11) is 0. The van der Waals surface area contributed by atoms with Crippen LogP contribution in [0.5, 0.6) is 0 Å². The number of hydrogen-bond acceptors (Lipinski definition) is 3. The highest BCUT2D eigenvalue weighted by molar-refractivity contribution is 5.94. The molecule has 4 heterocycles. The lowest BCUT2D eigenvalue weighted by Crippen LogP contribution is -2.55. The van der Waals surface area contributed by atoms with Gasteiger partial charge in [-0.3, -0.25) is 9.78 Å². The van der Waals surface area contributed by atoms with Crippen molar-refractivity contribution in [2.24, 2.45) is 5.92 Å². The first kappa shape index (κ1) is 28.7. The minimum absolute atomic E-state index is 0.269. The standard InChI is InChI=1S/C37H46N4O/c1-24-18-25(2)20-28(19-24)35-34(26(3)22-38-17-15-30-8-6-7-16-39-30)32-21-29(11-14-33(32)40-35)37(4,5)36(42)41-23-27-9-12-31(41)13-10-27/h6-8,11,14,16,18-21,26-27,31,38,40H,9-10,12-13,15,17,22-23H2,1-5H3. The van der Waals surface area contributed by atoms with Gasteiger partial charge in [-0.1, -0.05) is 36.2 Å². The van der Waals surface area contributed by atoms with E-state index in [9.17, 15) is 4.79 Å². The zero-order valence-electron chi connectivity index (χ0n) is 26.0. The van der Waals surface area contributed by atoms with E-state index in [-0.39, 0.29) is 11.8 Å². The van der Waals surface area contributed by atoms with Gasteiger partial charge in [0.15, 0.2) is 0 Å². The molecule has 2 bridgehead atoms. The third-order valence-electron chi connectivity index (χ3n) is 9.81. The number of hydrogen-bond donors (Lipinski definition) is 2. The van der Waals surface area contributed by atoms with E-state index in [0.29, 0.717) is 12.0 Å². The average molecular weight is 563 g/mol. The van der Waals surface area contributed by atoms with Crippen LogP contribution in [0.2, 0.25) is 0 Å². The third-order valence-corrected chi connectivity index (χ3v) is 9.81. The number of fused-ring (bicyclic) bond motifs is 4. The lowest BCUT2D eigenvalue weighted by Gasteiger charge is -2.47. The Morgan fingerprint density at radius 2 is 1.81 bits per heavy atom. The van der Waals surface area contributed by atoms with Crippen LogP contribution in [0, 0.1) is 19.8 Å². The summed E-state index contributed by atoms with van der Waals surface area (Å²) in [4.78, 5) is 24.5. The second-order valence-electron chi connectivity index (χ2n) is 13.5. The molecule has 0 radical (unpaired) electrons. The van der Waals surface area contributed by atoms with Gasteiger partial charge in [-0.15, -0.1) is 0 Å². The van der Waals surface area contributed by atoms with Crippen molar-refractivity contribution in [2.45, 2.75) is 84.1 Å². The molecule has 220 valence electrons. The molecule has 1 aliphatic carbocycles. The molecule has 2 aromatic heterocycles. The van der Waals surface area contributed by atoms with Crippen LogP contribution in [0.15, 0.2) is 60.8 Å². The largest absolute Gasteiger partial charge is 0.354 e. The Morgan fingerprint density at radius 3 is 2.48 bits per heavy atom. The van der Waals surface area contributed by atoms with Crippen molar-refractivity contribution < 1.29 is 4.79 Å². The van der Waals surface area contributed by atoms with E-state index < -0.39 is 5.41 Å². The SMILES string of the molecule is Cc1cc(C)cc(-c2[nH]c3ccc(C(C)(C)C(=O)N4CC5CCC4CC5)cc3c2C(C)CNCCc2ccccn2)c1. The van der Waals surface area contributed by atoms with Crippen LogP contribution in [0.4, 0.5) is 0 Å². The predicted molar refractivity (Wildman–Crippen MR) is 173 cm³/mol. The molecule has 1 atom stereocenters. The van der Waals surface area contributed by atoms with E-state index >= 15 is 0 Å². The van der Waals surface area contributed by atoms with Gasteiger partial charge in [0.1, 0.15) is 0 Å². The molecule has 5 nitrogen and oxygen atoms in total. The number of benzene rings is 2. The predicted octanol–water partition coefficient (Wildman–Crippen LogP) is 7.46. The zero-order valence-corrected chi connectivity index (χ0v) is 26.0. The maximum Gasteiger partial charge on any atom is 0.232 e. The van der Waals surface area contributed by atoms with Crippen LogP contribution in [-0.2, 0) is 16.6 Å². The van der Waals surface area contributed by atoms with Gasteiger partial charge in [-0.25, -0.2) is 0 Å². The molecule has 1 saturated carbocycles. The summed E-state index contributed by atoms with van der Waals surface area (Å²) in [5.74, 6) is 1.23. The topological polar surface area (TPSA) is 61.0 Å². The molecule has 2 aliphatic heterocycles. The van der Waals surface area contributed by atoms with Crippen molar-refractivity contribution in [3.63, 3.8) is 0 Å². The minimum Gasteiger partial charge on any atom is -0.354 e. The summed E-state index contributed by atoms with van der Waals surface area (Å²) in [5, 5.41) is 4.92. The van der Waals surface area contributed by atoms with Gasteiger partial charge >= 0.3 is 0 Å². The number of carbonyl (C=O) groups is 1. The highest BCUT2D eigenvalue weighted by atomic mass is 16.2. The minimum atomic E-state index is -0.579. The van der Waals surface area contributed by atoms with Crippen LogP contribution >= 0.6 is 0 Å². The first-order chi connectivity index (χ1) is 20.2. The van der Waals surface area contributed by atoms with E-state index in [0.717, 1.165) is 55.7 Å². The Hall–Kier alpha value is -3.44. The van der Waals surface area contributed by atoms with Gasteiger partial charge in [0, 0.05) is 54.9 Å². The Morgan fingerprint density at radius 1 is 1.05 bits per heavy atom. The number of aromatic amines is 1. The van der Waals surface area contributed by atoms with Crippen molar-refractivity contribution in [3.8, 4) is 11.3 Å². The van der Waals surface area contributed by atoms with Crippen LogP contribution in [0.1, 0.15) is 80.3 Å². The number of carbonyl (C=O) groups excluding carboxylic acids is 1. The van der Waals surface area contributed by atoms with E-state index in [1.54, 1.807) is 0 Å². The Balaban J connectivity index is 1.33. The van der Waals surface area contributed by atoms with Gasteiger partial charge in [-0.2, -0.15) is 0 Å². The summed E-state index contributed by atoms with van der Waals surface area (Å²) in [6.45, 7) is 13.6. The molecule has 4 aromatic rings. The van der Waals surface area contributed by atoms with Crippen molar-refractivity contribution in [2.75, 3.05) is 19.6 Å². The van der Waals surface area contributed by atoms with Gasteiger partial charge in [0.25, 0.3) is 0 Å². The molecule has 1 amide bonds. The molecule has 42 heavy (non-hydrogen) atoms. The molecule has 7 rings (SSSR count). The van der Waals surface area contributed by atoms with E-state index in [1.165, 1.54) is 46.2 Å². The molecule has 2 N–H and O–H groups in total. The molecular weight excluding hydrogens is 516 g/mol. The number of amides is 1. The number of rotatable bonds is 9. The fourth-order valence-corrected chi connectivity index (χ4v) is 7.44. The lowest BCUT2D eigenvalue weighted by atomic mass is 9.76. The van der Waals surface area contributed by atoms with E-state index in [2.05, 4.69) is 97.3 Å². The number of piperidine rings is 2. The van der Waals surface area contributed by atoms with Gasteiger partial charge in [0.05, 0.1) is 11.1 Å². The first-order valence-electron chi connectivity index (χ1n) is 15.9. The van der Waals surface area contributed by atoms with E-state index in [1.807, 2.05) is 18.3 Å². The Labute approximate surface area is 251 Å². The molecule has 3 aliphatic rings. The molecule has 1 unspecified atom stereocenters. The van der Waals surface area contributed by atoms with Crippen LogP contribution in [-0.4, -0.2) is 46.5 Å². The Bertz CT molecular complexity index is 1540. The molecule has 3 fully saturated rings. The number of H-pyrrole nitrogens is 1. The fourth-order valence-electron chi connectivity index (χ4n) is 7.44. The van der Waals surface area contributed by atoms with Crippen LogP contribution in [0.25, 0.3) is 22.2 Å². The molecule has 2 saturated heterocycles. The smallest absolute Gasteiger partial charge is 0.232 e. The normalized spacial score (nSPS) is 19.4. The quantitative estimate of drug-likeness (QED) is 0.208. The summed E-state index contributed by atoms with van der Waals surface area (Å²) >= 11 is 0. The summed E-state index contributed by atoms with van der Waals surface area (Å²) in [6, 6.07) is 20.0. The van der Waals surface area contributed by atoms with Crippen molar-refractivity contribution in [3.05, 3.63) is 88.7 Å². The summed E-state index contributed by atoms with van der Waals surface area (Å²) < 4.78 is 0. The lowest BCUT2D eigenvalue weighted by molar-refractivity contribution is -0.144. The molecular formula is C37H46N4O. The summed E-state index contributed by atoms with van der Waals surface area (Å²) in [6.07, 6.45) is 7.66. The highest BCUT2D eigenvalue weighted by Crippen LogP contribution is 2.41. The Kier molecular flexibility index (Phi) is 7.97. The zero-order chi connectivity index (χ0) is 29.4. The van der Waals surface area contributed by atoms with Crippen molar-refractivity contribution in [1.82, 2.24) is 20.2 Å². The summed E-state index contributed by atoms with van der Waals surface area (Å²) in [5.41, 5.74) is 9.02. The molecule has 0 spiro atoms. The monoisotopic (exact) mass is 562 g/mol. The maximum absolute atomic E-state index is 14.1. The second kappa shape index (κ2) is 11.7.